The van der Waals surface area contributed by atoms with Gasteiger partial charge < -0.3 is 11.1 Å². The summed E-state index contributed by atoms with van der Waals surface area (Å²) in [4.78, 5) is 18.3. The van der Waals surface area contributed by atoms with E-state index in [-0.39, 0.29) is 22.5 Å². The van der Waals surface area contributed by atoms with Gasteiger partial charge in [0.05, 0.1) is 22.6 Å². The van der Waals surface area contributed by atoms with Gasteiger partial charge in [-0.15, -0.1) is 5.11 Å². The molecule has 0 atom stereocenters. The number of aromatic nitrogens is 2. The zero-order chi connectivity index (χ0) is 34.3. The van der Waals surface area contributed by atoms with Crippen molar-refractivity contribution in [2.45, 2.75) is 16.7 Å². The molecule has 4 aromatic rings. The lowest BCUT2D eigenvalue weighted by Gasteiger charge is -2.17. The molecule has 47 heavy (non-hydrogen) atoms. The number of nitrogens with zero attached hydrogens (tertiary/aromatic N) is 5. The lowest BCUT2D eigenvalue weighted by atomic mass is 9.92. The van der Waals surface area contributed by atoms with Gasteiger partial charge in [0.15, 0.2) is 5.82 Å². The van der Waals surface area contributed by atoms with Crippen molar-refractivity contribution < 1.29 is 39.5 Å². The number of anilines is 4. The van der Waals surface area contributed by atoms with Gasteiger partial charge in [-0.3, -0.25) is 19.3 Å². The summed E-state index contributed by atoms with van der Waals surface area (Å²) in [6, 6.07) is 10.7. The Bertz CT molecular complexity index is 2280. The molecule has 15 nitrogen and oxygen atoms in total. The van der Waals surface area contributed by atoms with E-state index in [1.807, 2.05) is 6.92 Å². The minimum Gasteiger partial charge on any atom is -0.396 e. The molecule has 0 amide bonds. The Morgan fingerprint density at radius 1 is 0.915 bits per heavy atom. The molecule has 0 bridgehead atoms. The van der Waals surface area contributed by atoms with Crippen LogP contribution < -0.4 is 16.5 Å². The molecule has 0 radical (unpaired) electrons. The van der Waals surface area contributed by atoms with Crippen molar-refractivity contribution in [3.63, 3.8) is 0 Å². The van der Waals surface area contributed by atoms with E-state index in [0.717, 1.165) is 35.9 Å². The molecule has 0 fully saturated rings. The number of ketones is 1. The van der Waals surface area contributed by atoms with Crippen LogP contribution in [0.4, 0.5) is 43.0 Å². The Morgan fingerprint density at radius 2 is 1.60 bits per heavy atom. The molecule has 5 rings (SSSR count). The first-order valence-corrected chi connectivity index (χ1v) is 16.0. The Hall–Kier alpha value is -5.21. The third-order valence-corrected chi connectivity index (χ3v) is 8.51. The summed E-state index contributed by atoms with van der Waals surface area (Å²) in [7, 11) is -9.78. The number of hydrazone groups is 1. The fourth-order valence-corrected chi connectivity index (χ4v) is 5.63. The molecule has 0 unspecified atom stereocenters. The predicted octanol–water partition coefficient (Wildman–Crippen LogP) is 5.63. The van der Waals surface area contributed by atoms with E-state index in [0.29, 0.717) is 5.69 Å². The summed E-state index contributed by atoms with van der Waals surface area (Å²) in [6.45, 7) is 1.84. The van der Waals surface area contributed by atoms with Crippen LogP contribution in [0.25, 0.3) is 6.08 Å². The highest BCUT2D eigenvalue weighted by Gasteiger charge is 2.30. The maximum absolute atomic E-state index is 13.8. The van der Waals surface area contributed by atoms with Crippen LogP contribution in [0.2, 0.25) is 5.02 Å². The molecule has 1 aliphatic rings. The number of rotatable bonds is 8. The molecule has 0 spiro atoms. The Morgan fingerprint density at radius 3 is 2.26 bits per heavy atom. The smallest absolute Gasteiger partial charge is 0.313 e. The highest BCUT2D eigenvalue weighted by molar-refractivity contribution is 7.86. The fraction of sp³-hybridized carbons (Fsp3) is 0.0370. The second kappa shape index (κ2) is 12.5. The average molecular weight is 705 g/mol. The van der Waals surface area contributed by atoms with Gasteiger partial charge in [0.1, 0.15) is 26.2 Å². The van der Waals surface area contributed by atoms with Crippen molar-refractivity contribution in [3.8, 4) is 0 Å². The second-order valence-corrected chi connectivity index (χ2v) is 12.8. The maximum atomic E-state index is 13.8. The van der Waals surface area contributed by atoms with E-state index >= 15 is 0 Å². The number of allylic oxidation sites excluding steroid dienone is 1. The topological polar surface area (TPSA) is 239 Å². The number of nitrogens with two attached hydrogens (primary N) is 1. The number of halogens is 3. The summed E-state index contributed by atoms with van der Waals surface area (Å²) in [6.07, 6.45) is 0.949. The molecule has 0 saturated carbocycles. The van der Waals surface area contributed by atoms with E-state index < -0.39 is 75.7 Å². The summed E-state index contributed by atoms with van der Waals surface area (Å²) < 4.78 is 95.4. The summed E-state index contributed by atoms with van der Waals surface area (Å²) in [5, 5.41) is 13.6. The number of nitrogen functional groups attached to an aromatic ring is 1. The summed E-state index contributed by atoms with van der Waals surface area (Å²) in [5.74, 6) is -2.75. The minimum atomic E-state index is -4.90. The Kier molecular flexibility index (Phi) is 8.84. The maximum Gasteiger partial charge on any atom is 0.313 e. The zero-order valence-electron chi connectivity index (χ0n) is 23.5. The van der Waals surface area contributed by atoms with Crippen LogP contribution in [-0.2, 0) is 20.2 Å². The normalized spacial score (nSPS) is 14.1. The van der Waals surface area contributed by atoms with E-state index in [2.05, 4.69) is 36.0 Å². The average Bonchev–Trinajstić information content (AvgIpc) is 2.98. The van der Waals surface area contributed by atoms with Crippen molar-refractivity contribution in [2.24, 2.45) is 15.3 Å². The lowest BCUT2D eigenvalue weighted by molar-refractivity contribution is 0.106. The molecule has 1 heterocycles. The standard InChI is InChI=1S/C27H19ClF2N8O7S2/c1-12-2-5-14(6-3-12)35-38-23-19(47(43,44)45)10-13-4-8-16(24(39)20(13)22(23)31)36-37-17-11-15(7-9-18(17)46(40,41)42)32-26-21(28)25(29)33-27(30)34-26/h2-11,37H,31H2,1H3,(H,32,33,34)(H,40,41,42)(H,43,44,45)/b36-16-,38-35+. The van der Waals surface area contributed by atoms with Crippen LogP contribution in [0.3, 0.4) is 0 Å². The third kappa shape index (κ3) is 7.13. The first kappa shape index (κ1) is 33.2. The van der Waals surface area contributed by atoms with Gasteiger partial charge >= 0.3 is 6.08 Å². The first-order valence-electron chi connectivity index (χ1n) is 12.8. The molecular weight excluding hydrogens is 686 g/mol. The number of carbonyl (C=O) groups excluding carboxylic acids is 1. The van der Waals surface area contributed by atoms with Crippen LogP contribution in [-0.4, -0.2) is 47.4 Å². The SMILES string of the molecule is Cc1ccc(/N=N/c2c(S(=O)(=O)O)cc3c(c2N)C(=O)/C(=N\Nc2cc(Nc4nc(F)nc(F)c4Cl)ccc2S(=O)(=O)O)C=C3)cc1. The summed E-state index contributed by atoms with van der Waals surface area (Å²) >= 11 is 5.78. The van der Waals surface area contributed by atoms with E-state index in [9.17, 15) is 39.5 Å². The summed E-state index contributed by atoms with van der Waals surface area (Å²) in [5.41, 5.74) is 7.70. The lowest BCUT2D eigenvalue weighted by Crippen LogP contribution is -2.21. The number of Topliss-reactive ketones (excluding diaryl/α,β-unsaturated/α-hetero) is 1. The van der Waals surface area contributed by atoms with Gasteiger partial charge in [0.25, 0.3) is 20.2 Å². The van der Waals surface area contributed by atoms with Gasteiger partial charge in [0, 0.05) is 5.69 Å². The van der Waals surface area contributed by atoms with Crippen molar-refractivity contribution in [1.82, 2.24) is 9.97 Å². The molecule has 20 heteroatoms. The number of nitrogens with one attached hydrogen (secondary N) is 2. The predicted molar refractivity (Wildman–Crippen MR) is 167 cm³/mol. The van der Waals surface area contributed by atoms with E-state index in [1.54, 1.807) is 24.3 Å². The molecule has 242 valence electrons. The van der Waals surface area contributed by atoms with E-state index in [4.69, 9.17) is 17.3 Å². The van der Waals surface area contributed by atoms with Crippen LogP contribution in [0.1, 0.15) is 21.5 Å². The molecule has 0 saturated heterocycles. The van der Waals surface area contributed by atoms with Gasteiger partial charge in [-0.05, 0) is 55.0 Å². The van der Waals surface area contributed by atoms with Gasteiger partial charge in [0.2, 0.25) is 11.7 Å². The fourth-order valence-electron chi connectivity index (χ4n) is 4.21. The number of fused-ring (bicyclic) bond motifs is 1. The number of hydrogen-bond donors (Lipinski definition) is 5. The van der Waals surface area contributed by atoms with Crippen molar-refractivity contribution in [1.29, 1.82) is 0 Å². The van der Waals surface area contributed by atoms with Crippen LogP contribution in [0.5, 0.6) is 0 Å². The monoisotopic (exact) mass is 704 g/mol. The van der Waals surface area contributed by atoms with Crippen molar-refractivity contribution in [2.75, 3.05) is 16.5 Å². The highest BCUT2D eigenvalue weighted by atomic mass is 35.5. The van der Waals surface area contributed by atoms with Gasteiger partial charge in [-0.2, -0.15) is 45.8 Å². The van der Waals surface area contributed by atoms with Crippen LogP contribution in [0, 0.1) is 18.9 Å². The van der Waals surface area contributed by atoms with Gasteiger partial charge in [-0.1, -0.05) is 35.4 Å². The van der Waals surface area contributed by atoms with Crippen molar-refractivity contribution >= 4 is 83.7 Å². The number of azo groups is 1. The molecule has 1 aromatic heterocycles. The quantitative estimate of drug-likeness (QED) is 0.0374. The second-order valence-electron chi connectivity index (χ2n) is 9.64. The highest BCUT2D eigenvalue weighted by Crippen LogP contribution is 2.39. The third-order valence-electron chi connectivity index (χ3n) is 6.39. The Labute approximate surface area is 269 Å². The largest absolute Gasteiger partial charge is 0.396 e. The molecule has 6 N–H and O–H groups in total. The number of aryl methyl sites for hydroxylation is 1. The molecular formula is C27H19ClF2N8O7S2. The van der Waals surface area contributed by atoms with E-state index in [1.165, 1.54) is 6.08 Å². The molecule has 3 aromatic carbocycles. The molecule has 1 aliphatic carbocycles. The van der Waals surface area contributed by atoms with Crippen LogP contribution in [0.15, 0.2) is 79.7 Å². The number of carbonyl (C=O) groups is 1. The minimum absolute atomic E-state index is 0.0145. The number of benzene rings is 3. The van der Waals surface area contributed by atoms with Crippen LogP contribution >= 0.6 is 11.6 Å². The first-order chi connectivity index (χ1) is 22.0. The molecule has 0 aliphatic heterocycles. The number of hydrogen-bond acceptors (Lipinski definition) is 13. The van der Waals surface area contributed by atoms with Crippen molar-refractivity contribution in [3.05, 3.63) is 88.3 Å². The Balaban J connectivity index is 1.53. The van der Waals surface area contributed by atoms with Gasteiger partial charge in [-0.25, -0.2) is 0 Å². The zero-order valence-corrected chi connectivity index (χ0v) is 25.9.